The van der Waals surface area contributed by atoms with E-state index in [4.69, 9.17) is 0 Å². The fourth-order valence-electron chi connectivity index (χ4n) is 2.17. The average molecular weight is 265 g/mol. The summed E-state index contributed by atoms with van der Waals surface area (Å²) in [6.45, 7) is 6.26. The Hall–Kier alpha value is -0.930. The molecule has 0 fully saturated rings. The molecule has 0 N–H and O–H groups in total. The number of hydrogen-bond acceptors (Lipinski definition) is 2. The average Bonchev–Trinajstić information content (AvgIpc) is 2.28. The van der Waals surface area contributed by atoms with Crippen LogP contribution in [-0.2, 0) is 17.5 Å². The lowest BCUT2D eigenvalue weighted by Crippen LogP contribution is -1.93. The van der Waals surface area contributed by atoms with Crippen molar-refractivity contribution < 1.29 is 8.76 Å². The van der Waals surface area contributed by atoms with Crippen molar-refractivity contribution in [1.29, 1.82) is 0 Å². The molecule has 3 heteroatoms. The van der Waals surface area contributed by atoms with Gasteiger partial charge in [-0.05, 0) is 71.5 Å². The first kappa shape index (κ1) is 15.1. The van der Waals surface area contributed by atoms with Crippen LogP contribution >= 0.6 is 0 Å². The summed E-state index contributed by atoms with van der Waals surface area (Å²) >= 11 is -2.12. The van der Waals surface area contributed by atoms with Crippen LogP contribution in [-0.4, -0.2) is 8.76 Å². The van der Waals surface area contributed by atoms with Gasteiger partial charge in [-0.15, -0.1) is 0 Å². The van der Waals surface area contributed by atoms with Crippen LogP contribution in [0.2, 0.25) is 0 Å². The van der Waals surface area contributed by atoms with Crippen molar-refractivity contribution in [1.82, 2.24) is 0 Å². The fourth-order valence-corrected chi connectivity index (χ4v) is 2.42. The maximum atomic E-state index is 10.5. The van der Waals surface area contributed by atoms with Crippen molar-refractivity contribution in [3.8, 4) is 0 Å². The third-order valence-corrected chi connectivity index (χ3v) is 3.43. The number of benzene rings is 1. The van der Waals surface area contributed by atoms with Gasteiger partial charge in [0.25, 0.3) is 0 Å². The van der Waals surface area contributed by atoms with E-state index in [1.54, 1.807) is 6.08 Å². The van der Waals surface area contributed by atoms with E-state index >= 15 is 0 Å². The molecule has 0 aliphatic rings. The van der Waals surface area contributed by atoms with Gasteiger partial charge in [-0.3, -0.25) is 4.21 Å². The van der Waals surface area contributed by atoms with Crippen LogP contribution in [0, 0.1) is 13.8 Å². The summed E-state index contributed by atoms with van der Waals surface area (Å²) in [4.78, 5) is 0. The summed E-state index contributed by atoms with van der Waals surface area (Å²) in [5.74, 6) is 0. The fraction of sp³-hybridized carbons (Fsp3) is 0.467. The van der Waals surface area contributed by atoms with E-state index < -0.39 is 11.1 Å². The Morgan fingerprint density at radius 1 is 1.22 bits per heavy atom. The quantitative estimate of drug-likeness (QED) is 0.578. The highest BCUT2D eigenvalue weighted by atomic mass is 32.2. The Labute approximate surface area is 112 Å². The monoisotopic (exact) mass is 265 g/mol. The zero-order chi connectivity index (χ0) is 13.5. The van der Waals surface area contributed by atoms with Gasteiger partial charge in [0.2, 0.25) is 0 Å². The van der Waals surface area contributed by atoms with Gasteiger partial charge in [-0.25, -0.2) is 0 Å². The smallest absolute Gasteiger partial charge is 0.0109 e. The first-order valence-electron chi connectivity index (χ1n) is 6.41. The molecular weight excluding hydrogens is 244 g/mol. The number of unbranched alkanes of at least 4 members (excludes halogenated alkanes) is 2. The predicted octanol–water partition coefficient (Wildman–Crippen LogP) is 3.89. The molecule has 0 bridgehead atoms. The SMILES string of the molecule is CCCCCc1cc(C)c(/C=C/S(=O)[O-])c(C)c1. The molecule has 1 aromatic rings. The van der Waals surface area contributed by atoms with E-state index in [9.17, 15) is 8.76 Å². The molecule has 0 radical (unpaired) electrons. The molecule has 100 valence electrons. The molecular formula is C15H21O2S-. The second kappa shape index (κ2) is 7.49. The van der Waals surface area contributed by atoms with Gasteiger partial charge in [0.05, 0.1) is 0 Å². The Kier molecular flexibility index (Phi) is 6.30. The molecule has 0 spiro atoms. The lowest BCUT2D eigenvalue weighted by molar-refractivity contribution is 0.546. The van der Waals surface area contributed by atoms with E-state index in [1.165, 1.54) is 30.2 Å². The molecule has 0 saturated heterocycles. The third kappa shape index (κ3) is 4.75. The lowest BCUT2D eigenvalue weighted by Gasteiger charge is -2.10. The number of rotatable bonds is 6. The van der Waals surface area contributed by atoms with Gasteiger partial charge in [0.1, 0.15) is 0 Å². The number of hydrogen-bond donors (Lipinski definition) is 0. The van der Waals surface area contributed by atoms with Crippen molar-refractivity contribution in [2.45, 2.75) is 46.5 Å². The lowest BCUT2D eigenvalue weighted by atomic mass is 9.97. The maximum Gasteiger partial charge on any atom is -0.0109 e. The standard InChI is InChI=1S/C15H22O2S/c1-4-5-6-7-14-10-12(2)15(13(3)11-14)8-9-18(16)17/h8-11H,4-7H2,1-3H3,(H,16,17)/p-1/b9-8+. The van der Waals surface area contributed by atoms with Crippen LogP contribution in [0.5, 0.6) is 0 Å². The van der Waals surface area contributed by atoms with Crippen LogP contribution in [0.1, 0.15) is 48.4 Å². The van der Waals surface area contributed by atoms with Gasteiger partial charge < -0.3 is 4.55 Å². The molecule has 0 aromatic heterocycles. The first-order valence-corrected chi connectivity index (χ1v) is 7.54. The van der Waals surface area contributed by atoms with E-state index in [0.29, 0.717) is 0 Å². The third-order valence-electron chi connectivity index (χ3n) is 3.07. The van der Waals surface area contributed by atoms with Crippen molar-refractivity contribution >= 4 is 17.2 Å². The summed E-state index contributed by atoms with van der Waals surface area (Å²) in [6, 6.07) is 4.33. The van der Waals surface area contributed by atoms with Crippen molar-refractivity contribution in [3.05, 3.63) is 39.8 Å². The van der Waals surface area contributed by atoms with Crippen molar-refractivity contribution in [3.63, 3.8) is 0 Å². The molecule has 1 rings (SSSR count). The highest BCUT2D eigenvalue weighted by molar-refractivity contribution is 7.82. The molecule has 0 amide bonds. The minimum Gasteiger partial charge on any atom is -0.769 e. The van der Waals surface area contributed by atoms with Gasteiger partial charge in [0, 0.05) is 0 Å². The molecule has 1 aromatic carbocycles. The summed E-state index contributed by atoms with van der Waals surface area (Å²) < 4.78 is 21.1. The van der Waals surface area contributed by atoms with Gasteiger partial charge >= 0.3 is 0 Å². The van der Waals surface area contributed by atoms with Crippen molar-refractivity contribution in [2.24, 2.45) is 0 Å². The molecule has 0 aliphatic carbocycles. The molecule has 0 heterocycles. The zero-order valence-corrected chi connectivity index (χ0v) is 12.2. The van der Waals surface area contributed by atoms with Crippen molar-refractivity contribution in [2.75, 3.05) is 0 Å². The van der Waals surface area contributed by atoms with Gasteiger partial charge in [0.15, 0.2) is 0 Å². The molecule has 0 aliphatic heterocycles. The highest BCUT2D eigenvalue weighted by Gasteiger charge is 2.02. The van der Waals surface area contributed by atoms with Gasteiger partial charge in [-0.2, -0.15) is 0 Å². The van der Waals surface area contributed by atoms with E-state index in [1.807, 2.05) is 13.8 Å². The number of aryl methyl sites for hydroxylation is 3. The summed E-state index contributed by atoms with van der Waals surface area (Å²) in [7, 11) is 0. The second-order valence-corrected chi connectivity index (χ2v) is 5.46. The van der Waals surface area contributed by atoms with Crippen LogP contribution in [0.15, 0.2) is 17.5 Å². The zero-order valence-electron chi connectivity index (χ0n) is 11.4. The minimum absolute atomic E-state index is 1.01. The molecule has 1 unspecified atom stereocenters. The Bertz CT molecular complexity index is 427. The Morgan fingerprint density at radius 2 is 1.83 bits per heavy atom. The molecule has 18 heavy (non-hydrogen) atoms. The summed E-state index contributed by atoms with van der Waals surface area (Å²) in [6.07, 6.45) is 6.48. The van der Waals surface area contributed by atoms with E-state index in [0.717, 1.165) is 23.1 Å². The Morgan fingerprint density at radius 3 is 2.33 bits per heavy atom. The summed E-state index contributed by atoms with van der Waals surface area (Å²) in [5.41, 5.74) is 4.64. The van der Waals surface area contributed by atoms with Crippen LogP contribution < -0.4 is 0 Å². The molecule has 0 saturated carbocycles. The second-order valence-electron chi connectivity index (χ2n) is 4.66. The topological polar surface area (TPSA) is 40.1 Å². The summed E-state index contributed by atoms with van der Waals surface area (Å²) in [5, 5.41) is 1.20. The predicted molar refractivity (Wildman–Crippen MR) is 77.1 cm³/mol. The minimum atomic E-state index is -2.12. The molecule has 2 nitrogen and oxygen atoms in total. The van der Waals surface area contributed by atoms with Crippen LogP contribution in [0.25, 0.3) is 6.08 Å². The first-order chi connectivity index (χ1) is 8.54. The Balaban J connectivity index is 2.87. The van der Waals surface area contributed by atoms with E-state index in [2.05, 4.69) is 19.1 Å². The van der Waals surface area contributed by atoms with E-state index in [-0.39, 0.29) is 0 Å². The maximum absolute atomic E-state index is 10.5. The highest BCUT2D eigenvalue weighted by Crippen LogP contribution is 2.20. The molecule has 1 atom stereocenters. The van der Waals surface area contributed by atoms with Crippen LogP contribution in [0.3, 0.4) is 0 Å². The normalized spacial score (nSPS) is 13.1. The van der Waals surface area contributed by atoms with Gasteiger partial charge in [-0.1, -0.05) is 31.9 Å². The van der Waals surface area contributed by atoms with Crippen LogP contribution in [0.4, 0.5) is 0 Å². The largest absolute Gasteiger partial charge is 0.769 e.